The fraction of sp³-hybridized carbons (Fsp3) is 0.353. The number of halogens is 2. The summed E-state index contributed by atoms with van der Waals surface area (Å²) in [6, 6.07) is 6.58. The summed E-state index contributed by atoms with van der Waals surface area (Å²) in [5.41, 5.74) is 0. The van der Waals surface area contributed by atoms with E-state index < -0.39 is 11.6 Å². The lowest BCUT2D eigenvalue weighted by Crippen LogP contribution is -2.33. The molecular weight excluding hydrogens is 302 g/mol. The summed E-state index contributed by atoms with van der Waals surface area (Å²) in [5.74, 6) is -0.479. The normalized spacial score (nSPS) is 17.7. The quantitative estimate of drug-likeness (QED) is 0.915. The highest BCUT2D eigenvalue weighted by Gasteiger charge is 2.16. The largest absolute Gasteiger partial charge is 0.488 e. The molecule has 1 atom stereocenters. The summed E-state index contributed by atoms with van der Waals surface area (Å²) in [5, 5.41) is 3.33. The van der Waals surface area contributed by atoms with E-state index in [9.17, 15) is 8.78 Å². The molecule has 23 heavy (non-hydrogen) atoms. The minimum Gasteiger partial charge on any atom is -0.488 e. The van der Waals surface area contributed by atoms with E-state index in [1.54, 1.807) is 12.1 Å². The number of hydrogen-bond donors (Lipinski definition) is 1. The Labute approximate surface area is 133 Å². The molecule has 2 aromatic rings. The Kier molecular flexibility index (Phi) is 5.02. The van der Waals surface area contributed by atoms with Crippen molar-refractivity contribution in [3.8, 4) is 17.4 Å². The second-order valence-corrected chi connectivity index (χ2v) is 5.51. The van der Waals surface area contributed by atoms with Gasteiger partial charge in [-0.05, 0) is 43.7 Å². The highest BCUT2D eigenvalue weighted by atomic mass is 19.1. The Morgan fingerprint density at radius 2 is 2.13 bits per heavy atom. The van der Waals surface area contributed by atoms with Crippen molar-refractivity contribution in [3.63, 3.8) is 0 Å². The van der Waals surface area contributed by atoms with E-state index in [0.717, 1.165) is 38.1 Å². The molecule has 0 spiro atoms. The van der Waals surface area contributed by atoms with Crippen molar-refractivity contribution in [2.75, 3.05) is 19.7 Å². The summed E-state index contributed by atoms with van der Waals surface area (Å²) < 4.78 is 37.9. The van der Waals surface area contributed by atoms with E-state index in [-0.39, 0.29) is 11.6 Å². The van der Waals surface area contributed by atoms with Crippen molar-refractivity contribution >= 4 is 0 Å². The molecule has 1 aliphatic rings. The molecule has 0 radical (unpaired) electrons. The van der Waals surface area contributed by atoms with Gasteiger partial charge < -0.3 is 14.8 Å². The van der Waals surface area contributed by atoms with Gasteiger partial charge in [-0.3, -0.25) is 0 Å². The third-order valence-corrected chi connectivity index (χ3v) is 3.71. The first-order valence-electron chi connectivity index (χ1n) is 7.64. The monoisotopic (exact) mass is 320 g/mol. The second-order valence-electron chi connectivity index (χ2n) is 5.51. The van der Waals surface area contributed by atoms with Crippen molar-refractivity contribution in [2.45, 2.75) is 12.8 Å². The first-order valence-corrected chi connectivity index (χ1v) is 7.64. The van der Waals surface area contributed by atoms with Gasteiger partial charge >= 0.3 is 0 Å². The van der Waals surface area contributed by atoms with Crippen LogP contribution in [0.4, 0.5) is 8.78 Å². The summed E-state index contributed by atoms with van der Waals surface area (Å²) >= 11 is 0. The molecule has 1 saturated heterocycles. The number of hydrogen-bond acceptors (Lipinski definition) is 4. The van der Waals surface area contributed by atoms with Gasteiger partial charge in [0.25, 0.3) is 5.88 Å². The summed E-state index contributed by atoms with van der Waals surface area (Å²) in [4.78, 5) is 4.08. The molecule has 1 N–H and O–H groups in total. The first kappa shape index (κ1) is 15.7. The number of pyridine rings is 1. The number of piperidine rings is 1. The fourth-order valence-corrected chi connectivity index (χ4v) is 2.50. The van der Waals surface area contributed by atoms with Crippen LogP contribution in [0.3, 0.4) is 0 Å². The summed E-state index contributed by atoms with van der Waals surface area (Å²) in [6.45, 7) is 2.51. The van der Waals surface area contributed by atoms with Crippen LogP contribution in [0.2, 0.25) is 0 Å². The maximum Gasteiger partial charge on any atom is 0.262 e. The van der Waals surface area contributed by atoms with Gasteiger partial charge in [0.2, 0.25) is 0 Å². The lowest BCUT2D eigenvalue weighted by molar-refractivity contribution is 0.211. The van der Waals surface area contributed by atoms with E-state index in [2.05, 4.69) is 10.3 Å². The van der Waals surface area contributed by atoms with Crippen LogP contribution in [0.1, 0.15) is 12.8 Å². The zero-order valence-electron chi connectivity index (χ0n) is 12.6. The number of nitrogens with one attached hydrogen (secondary N) is 1. The minimum atomic E-state index is -0.780. The standard InChI is InChI=1S/C17H18F2N2O2/c18-13-5-6-15(14(19)9-13)23-17-16(4-2-8-21-17)22-11-12-3-1-7-20-10-12/h2,4-6,8-9,12,20H,1,3,7,10-11H2. The average Bonchev–Trinajstić information content (AvgIpc) is 2.57. The predicted octanol–water partition coefficient (Wildman–Crippen LogP) is 3.53. The van der Waals surface area contributed by atoms with E-state index in [1.807, 2.05) is 0 Å². The smallest absolute Gasteiger partial charge is 0.262 e. The van der Waals surface area contributed by atoms with Crippen LogP contribution in [0.5, 0.6) is 17.4 Å². The van der Waals surface area contributed by atoms with Gasteiger partial charge in [-0.1, -0.05) is 0 Å². The molecule has 122 valence electrons. The zero-order chi connectivity index (χ0) is 16.1. The van der Waals surface area contributed by atoms with Crippen molar-refractivity contribution in [1.29, 1.82) is 0 Å². The van der Waals surface area contributed by atoms with Crippen LogP contribution < -0.4 is 14.8 Å². The van der Waals surface area contributed by atoms with Crippen LogP contribution in [0.15, 0.2) is 36.5 Å². The highest BCUT2D eigenvalue weighted by molar-refractivity contribution is 5.37. The Bertz CT molecular complexity index is 661. The van der Waals surface area contributed by atoms with E-state index >= 15 is 0 Å². The van der Waals surface area contributed by atoms with Crippen molar-refractivity contribution in [1.82, 2.24) is 10.3 Å². The number of aromatic nitrogens is 1. The van der Waals surface area contributed by atoms with Crippen LogP contribution in [-0.2, 0) is 0 Å². The van der Waals surface area contributed by atoms with Gasteiger partial charge in [0.1, 0.15) is 5.82 Å². The first-order chi connectivity index (χ1) is 11.2. The predicted molar refractivity (Wildman–Crippen MR) is 81.8 cm³/mol. The molecule has 2 heterocycles. The van der Waals surface area contributed by atoms with E-state index in [1.165, 1.54) is 12.3 Å². The number of benzene rings is 1. The number of ether oxygens (including phenoxy) is 2. The number of rotatable bonds is 5. The molecule has 1 aromatic carbocycles. The van der Waals surface area contributed by atoms with Gasteiger partial charge in [-0.25, -0.2) is 13.8 Å². The molecule has 4 nitrogen and oxygen atoms in total. The van der Waals surface area contributed by atoms with E-state index in [4.69, 9.17) is 9.47 Å². The molecule has 1 aromatic heterocycles. The highest BCUT2D eigenvalue weighted by Crippen LogP contribution is 2.31. The van der Waals surface area contributed by atoms with Gasteiger partial charge in [0.05, 0.1) is 6.61 Å². The lowest BCUT2D eigenvalue weighted by atomic mass is 10.0. The Morgan fingerprint density at radius 1 is 1.22 bits per heavy atom. The molecule has 1 fully saturated rings. The molecule has 0 bridgehead atoms. The summed E-state index contributed by atoms with van der Waals surface area (Å²) in [7, 11) is 0. The van der Waals surface area contributed by atoms with Crippen molar-refractivity contribution in [2.24, 2.45) is 5.92 Å². The van der Waals surface area contributed by atoms with Crippen LogP contribution in [0, 0.1) is 17.6 Å². The van der Waals surface area contributed by atoms with Gasteiger partial charge in [-0.2, -0.15) is 0 Å². The molecule has 1 aliphatic heterocycles. The van der Waals surface area contributed by atoms with Gasteiger partial charge in [-0.15, -0.1) is 0 Å². The molecule has 0 saturated carbocycles. The second kappa shape index (κ2) is 7.37. The Balaban J connectivity index is 1.69. The van der Waals surface area contributed by atoms with E-state index in [0.29, 0.717) is 18.3 Å². The van der Waals surface area contributed by atoms with Crippen molar-refractivity contribution < 1.29 is 18.3 Å². The van der Waals surface area contributed by atoms with Crippen LogP contribution in [0.25, 0.3) is 0 Å². The summed E-state index contributed by atoms with van der Waals surface area (Å²) in [6.07, 6.45) is 3.77. The Hall–Kier alpha value is -2.21. The van der Waals surface area contributed by atoms with Crippen molar-refractivity contribution in [3.05, 3.63) is 48.2 Å². The van der Waals surface area contributed by atoms with Gasteiger partial charge in [0.15, 0.2) is 17.3 Å². The molecule has 0 amide bonds. The van der Waals surface area contributed by atoms with Crippen LogP contribution >= 0.6 is 0 Å². The molecule has 1 unspecified atom stereocenters. The minimum absolute atomic E-state index is 0.0886. The topological polar surface area (TPSA) is 43.4 Å². The van der Waals surface area contributed by atoms with Gasteiger partial charge in [0, 0.05) is 24.7 Å². The third kappa shape index (κ3) is 4.16. The van der Waals surface area contributed by atoms with Crippen LogP contribution in [-0.4, -0.2) is 24.7 Å². The SMILES string of the molecule is Fc1ccc(Oc2ncccc2OCC2CCCNC2)c(F)c1. The zero-order valence-corrected chi connectivity index (χ0v) is 12.6. The number of nitrogens with zero attached hydrogens (tertiary/aromatic N) is 1. The maximum absolute atomic E-state index is 13.7. The Morgan fingerprint density at radius 3 is 2.91 bits per heavy atom. The maximum atomic E-state index is 13.7. The average molecular weight is 320 g/mol. The lowest BCUT2D eigenvalue weighted by Gasteiger charge is -2.23. The fourth-order valence-electron chi connectivity index (χ4n) is 2.50. The molecule has 6 heteroatoms. The molecule has 3 rings (SSSR count). The third-order valence-electron chi connectivity index (χ3n) is 3.71. The molecule has 0 aliphatic carbocycles. The molecular formula is C17H18F2N2O2.